The summed E-state index contributed by atoms with van der Waals surface area (Å²) >= 11 is 6.22. The number of aromatic hydroxyl groups is 1. The minimum absolute atomic E-state index is 0.106. The zero-order valence-corrected chi connectivity index (χ0v) is 18.7. The van der Waals surface area contributed by atoms with Crippen LogP contribution in [0.3, 0.4) is 0 Å². The highest BCUT2D eigenvalue weighted by Gasteiger charge is 2.32. The van der Waals surface area contributed by atoms with Gasteiger partial charge in [0.15, 0.2) is 11.5 Å². The molecule has 2 heterocycles. The highest BCUT2D eigenvalue weighted by Crippen LogP contribution is 2.46. The first-order valence-electron chi connectivity index (χ1n) is 10.2. The van der Waals surface area contributed by atoms with Crippen LogP contribution in [0.25, 0.3) is 0 Å². The number of phenolic OH excluding ortho intramolecular Hbond substituents is 1. The van der Waals surface area contributed by atoms with E-state index in [0.29, 0.717) is 28.8 Å². The lowest BCUT2D eigenvalue weighted by atomic mass is 9.98. The van der Waals surface area contributed by atoms with Crippen molar-refractivity contribution in [1.29, 1.82) is 0 Å². The van der Waals surface area contributed by atoms with Crippen LogP contribution in [-0.2, 0) is 13.1 Å². The quantitative estimate of drug-likeness (QED) is 0.590. The molecule has 2 aromatic carbocycles. The van der Waals surface area contributed by atoms with Gasteiger partial charge in [-0.3, -0.25) is 4.90 Å². The van der Waals surface area contributed by atoms with Gasteiger partial charge in [0.25, 0.3) is 0 Å². The van der Waals surface area contributed by atoms with Gasteiger partial charge in [-0.2, -0.15) is 0 Å². The number of benzene rings is 2. The Morgan fingerprint density at radius 1 is 1.00 bits per heavy atom. The van der Waals surface area contributed by atoms with Crippen molar-refractivity contribution in [3.05, 3.63) is 70.5 Å². The molecular formula is C24H27ClN2O4. The Bertz CT molecular complexity index is 1070. The second-order valence-corrected chi connectivity index (χ2v) is 7.99. The number of phenols is 1. The molecule has 0 fully saturated rings. The summed E-state index contributed by atoms with van der Waals surface area (Å²) < 4.78 is 19.2. The zero-order valence-electron chi connectivity index (χ0n) is 18.0. The van der Waals surface area contributed by atoms with Gasteiger partial charge < -0.3 is 23.9 Å². The molecule has 0 radical (unpaired) electrons. The highest BCUT2D eigenvalue weighted by molar-refractivity contribution is 6.30. The molecule has 0 bridgehead atoms. The lowest BCUT2D eigenvalue weighted by molar-refractivity contribution is 0.212. The van der Waals surface area contributed by atoms with Gasteiger partial charge >= 0.3 is 0 Å². The van der Waals surface area contributed by atoms with Crippen LogP contribution in [0.2, 0.25) is 5.02 Å². The first-order chi connectivity index (χ1) is 15.1. The van der Waals surface area contributed by atoms with Gasteiger partial charge in [0, 0.05) is 47.7 Å². The minimum Gasteiger partial charge on any atom is -0.508 e. The maximum absolute atomic E-state index is 10.4. The van der Waals surface area contributed by atoms with E-state index in [2.05, 4.69) is 27.8 Å². The van der Waals surface area contributed by atoms with Crippen LogP contribution in [0, 0.1) is 0 Å². The van der Waals surface area contributed by atoms with Crippen LogP contribution in [0.1, 0.15) is 29.3 Å². The van der Waals surface area contributed by atoms with E-state index in [1.807, 2.05) is 18.2 Å². The number of halogens is 1. The maximum Gasteiger partial charge on any atom is 0.203 e. The molecule has 0 aliphatic carbocycles. The lowest BCUT2D eigenvalue weighted by Crippen LogP contribution is -2.30. The van der Waals surface area contributed by atoms with Crippen molar-refractivity contribution in [3.63, 3.8) is 0 Å². The summed E-state index contributed by atoms with van der Waals surface area (Å²) in [4.78, 5) is 2.34. The average Bonchev–Trinajstić information content (AvgIpc) is 3.16. The topological polar surface area (TPSA) is 56.1 Å². The predicted molar refractivity (Wildman–Crippen MR) is 121 cm³/mol. The van der Waals surface area contributed by atoms with Gasteiger partial charge in [-0.1, -0.05) is 11.6 Å². The van der Waals surface area contributed by atoms with E-state index in [1.54, 1.807) is 33.5 Å². The van der Waals surface area contributed by atoms with E-state index in [1.165, 1.54) is 0 Å². The van der Waals surface area contributed by atoms with Crippen molar-refractivity contribution in [2.24, 2.45) is 0 Å². The molecule has 1 unspecified atom stereocenters. The third-order valence-electron chi connectivity index (χ3n) is 5.80. The molecule has 0 spiro atoms. The molecule has 1 aliphatic rings. The number of hydrogen-bond donors (Lipinski definition) is 1. The summed E-state index contributed by atoms with van der Waals surface area (Å²) in [5.74, 6) is 2.06. The van der Waals surface area contributed by atoms with Crippen molar-refractivity contribution < 1.29 is 19.3 Å². The maximum atomic E-state index is 10.4. The van der Waals surface area contributed by atoms with Crippen molar-refractivity contribution >= 4 is 11.6 Å². The Labute approximate surface area is 187 Å². The number of nitrogens with zero attached hydrogens (tertiary/aromatic N) is 2. The SMILES string of the molecule is COc1ccc(C2c3cccn3CCCN2Cc2cc(Cl)ccc2O)c(OC)c1OC. The number of hydrogen-bond acceptors (Lipinski definition) is 5. The summed E-state index contributed by atoms with van der Waals surface area (Å²) in [6, 6.07) is 13.2. The second-order valence-electron chi connectivity index (χ2n) is 7.55. The molecule has 164 valence electrons. The van der Waals surface area contributed by atoms with Crippen molar-refractivity contribution in [2.45, 2.75) is 25.6 Å². The van der Waals surface area contributed by atoms with Crippen LogP contribution in [0.5, 0.6) is 23.0 Å². The average molecular weight is 443 g/mol. The van der Waals surface area contributed by atoms with Crippen molar-refractivity contribution in [2.75, 3.05) is 27.9 Å². The van der Waals surface area contributed by atoms with Crippen LogP contribution in [0.4, 0.5) is 0 Å². The van der Waals surface area contributed by atoms with E-state index in [0.717, 1.165) is 36.3 Å². The molecule has 1 N–H and O–H groups in total. The Morgan fingerprint density at radius 2 is 1.81 bits per heavy atom. The predicted octanol–water partition coefficient (Wildman–Crippen LogP) is 4.87. The monoisotopic (exact) mass is 442 g/mol. The lowest BCUT2D eigenvalue weighted by Gasteiger charge is -2.32. The largest absolute Gasteiger partial charge is 0.508 e. The van der Waals surface area contributed by atoms with Gasteiger partial charge in [0.2, 0.25) is 5.75 Å². The van der Waals surface area contributed by atoms with E-state index >= 15 is 0 Å². The van der Waals surface area contributed by atoms with E-state index < -0.39 is 0 Å². The second kappa shape index (κ2) is 9.12. The third-order valence-corrected chi connectivity index (χ3v) is 6.03. The van der Waals surface area contributed by atoms with Crippen molar-refractivity contribution in [3.8, 4) is 23.0 Å². The molecular weight excluding hydrogens is 416 g/mol. The normalized spacial score (nSPS) is 16.5. The van der Waals surface area contributed by atoms with Crippen LogP contribution in [-0.4, -0.2) is 42.4 Å². The molecule has 3 aromatic rings. The number of methoxy groups -OCH3 is 3. The van der Waals surface area contributed by atoms with Gasteiger partial charge in [0.1, 0.15) is 5.75 Å². The number of rotatable bonds is 6. The van der Waals surface area contributed by atoms with E-state index in [9.17, 15) is 5.11 Å². The minimum atomic E-state index is -0.106. The first-order valence-corrected chi connectivity index (χ1v) is 10.6. The summed E-state index contributed by atoms with van der Waals surface area (Å²) in [6.07, 6.45) is 3.09. The molecule has 1 aromatic heterocycles. The zero-order chi connectivity index (χ0) is 22.0. The molecule has 1 aliphatic heterocycles. The molecule has 6 nitrogen and oxygen atoms in total. The van der Waals surface area contributed by atoms with Crippen molar-refractivity contribution in [1.82, 2.24) is 9.47 Å². The molecule has 7 heteroatoms. The van der Waals surface area contributed by atoms with Crippen LogP contribution in [0.15, 0.2) is 48.7 Å². The Kier molecular flexibility index (Phi) is 6.30. The molecule has 31 heavy (non-hydrogen) atoms. The molecule has 4 rings (SSSR count). The summed E-state index contributed by atoms with van der Waals surface area (Å²) in [6.45, 7) is 2.31. The summed E-state index contributed by atoms with van der Waals surface area (Å²) in [5.41, 5.74) is 2.92. The number of aromatic nitrogens is 1. The fourth-order valence-electron chi connectivity index (χ4n) is 4.41. The van der Waals surface area contributed by atoms with Gasteiger partial charge in [-0.25, -0.2) is 0 Å². The molecule has 0 amide bonds. The van der Waals surface area contributed by atoms with E-state index in [-0.39, 0.29) is 11.8 Å². The van der Waals surface area contributed by atoms with Gasteiger partial charge in [-0.05, 0) is 48.9 Å². The fourth-order valence-corrected chi connectivity index (χ4v) is 4.60. The summed E-state index contributed by atoms with van der Waals surface area (Å²) in [5, 5.41) is 11.1. The van der Waals surface area contributed by atoms with Gasteiger partial charge in [-0.15, -0.1) is 0 Å². The van der Waals surface area contributed by atoms with Crippen LogP contribution >= 0.6 is 11.6 Å². The number of fused-ring (bicyclic) bond motifs is 1. The Hall–Kier alpha value is -2.83. The van der Waals surface area contributed by atoms with Crippen LogP contribution < -0.4 is 14.2 Å². The van der Waals surface area contributed by atoms with E-state index in [4.69, 9.17) is 25.8 Å². The highest BCUT2D eigenvalue weighted by atomic mass is 35.5. The third kappa shape index (κ3) is 4.05. The summed E-state index contributed by atoms with van der Waals surface area (Å²) in [7, 11) is 4.87. The standard InChI is InChI=1S/C24H27ClN2O4/c1-29-21-10-8-18(23(30-2)24(21)31-3)22-19-6-4-11-26(19)12-5-13-27(22)15-16-14-17(25)7-9-20(16)28/h4,6-11,14,22,28H,5,12-13,15H2,1-3H3. The first kappa shape index (κ1) is 21.4. The Balaban J connectivity index is 1.86. The molecule has 0 saturated heterocycles. The molecule has 1 atom stereocenters. The number of ether oxygens (including phenoxy) is 3. The number of aryl methyl sites for hydroxylation is 1. The Morgan fingerprint density at radius 3 is 2.55 bits per heavy atom. The smallest absolute Gasteiger partial charge is 0.203 e. The fraction of sp³-hybridized carbons (Fsp3) is 0.333. The van der Waals surface area contributed by atoms with Gasteiger partial charge in [0.05, 0.1) is 27.4 Å². The molecule has 0 saturated carbocycles.